The van der Waals surface area contributed by atoms with Crippen LogP contribution in [0.3, 0.4) is 0 Å². The molecular formula is C19H27N. The molecule has 20 heavy (non-hydrogen) atoms. The summed E-state index contributed by atoms with van der Waals surface area (Å²) in [6, 6.07) is 4.59. The second-order valence-corrected chi connectivity index (χ2v) is 6.64. The van der Waals surface area contributed by atoms with Gasteiger partial charge in [0.25, 0.3) is 0 Å². The van der Waals surface area contributed by atoms with Gasteiger partial charge in [0.1, 0.15) is 0 Å². The Balaban J connectivity index is 2.54. The van der Waals surface area contributed by atoms with Gasteiger partial charge in [-0.15, -0.1) is 0 Å². The summed E-state index contributed by atoms with van der Waals surface area (Å²) >= 11 is 0. The highest BCUT2D eigenvalue weighted by molar-refractivity contribution is 5.73. The predicted octanol–water partition coefficient (Wildman–Crippen LogP) is 5.50. The van der Waals surface area contributed by atoms with Crippen LogP contribution in [0.4, 0.5) is 5.69 Å². The van der Waals surface area contributed by atoms with Crippen LogP contribution in [0.15, 0.2) is 30.4 Å². The van der Waals surface area contributed by atoms with Crippen molar-refractivity contribution in [3.63, 3.8) is 0 Å². The van der Waals surface area contributed by atoms with Gasteiger partial charge in [0.05, 0.1) is 0 Å². The molecule has 0 bridgehead atoms. The van der Waals surface area contributed by atoms with Crippen molar-refractivity contribution in [3.8, 4) is 0 Å². The van der Waals surface area contributed by atoms with Crippen LogP contribution >= 0.6 is 0 Å². The molecule has 1 heteroatoms. The molecule has 0 aromatic heterocycles. The molecule has 0 aliphatic heterocycles. The third-order valence-corrected chi connectivity index (χ3v) is 4.14. The van der Waals surface area contributed by atoms with Gasteiger partial charge in [-0.05, 0) is 58.6 Å². The largest absolute Gasteiger partial charge is 0.398 e. The van der Waals surface area contributed by atoms with Crippen molar-refractivity contribution >= 4 is 11.3 Å². The molecule has 108 valence electrons. The Labute approximate surface area is 123 Å². The highest BCUT2D eigenvalue weighted by Gasteiger charge is 2.16. The Morgan fingerprint density at radius 3 is 2.05 bits per heavy atom. The summed E-state index contributed by atoms with van der Waals surface area (Å²) in [6.45, 7) is 11.1. The van der Waals surface area contributed by atoms with Crippen LogP contribution in [-0.2, 0) is 0 Å². The van der Waals surface area contributed by atoms with Crippen molar-refractivity contribution in [2.45, 2.75) is 52.9 Å². The number of benzene rings is 1. The van der Waals surface area contributed by atoms with Crippen LogP contribution in [0.25, 0.3) is 5.57 Å². The fraction of sp³-hybridized carbons (Fsp3) is 0.474. The molecule has 0 radical (unpaired) electrons. The third-order valence-electron chi connectivity index (χ3n) is 4.14. The lowest BCUT2D eigenvalue weighted by Gasteiger charge is -2.21. The number of nitrogens with two attached hydrogens (primary N) is 1. The summed E-state index contributed by atoms with van der Waals surface area (Å²) in [7, 11) is 0. The molecule has 1 nitrogen and oxygen atoms in total. The maximum atomic E-state index is 6.38. The number of allylic oxidation sites excluding steroid dienone is 4. The van der Waals surface area contributed by atoms with Gasteiger partial charge in [-0.3, -0.25) is 0 Å². The number of hydrogen-bond donors (Lipinski definition) is 1. The van der Waals surface area contributed by atoms with Gasteiger partial charge in [-0.2, -0.15) is 0 Å². The van der Waals surface area contributed by atoms with E-state index >= 15 is 0 Å². The molecule has 1 aliphatic rings. The van der Waals surface area contributed by atoms with E-state index in [2.05, 4.69) is 65.0 Å². The quantitative estimate of drug-likeness (QED) is 0.721. The molecule has 1 aromatic carbocycles. The average Bonchev–Trinajstić information content (AvgIpc) is 2.38. The molecule has 2 rings (SSSR count). The van der Waals surface area contributed by atoms with Crippen molar-refractivity contribution in [1.29, 1.82) is 0 Å². The Bertz CT molecular complexity index is 518. The minimum Gasteiger partial charge on any atom is -0.398 e. The van der Waals surface area contributed by atoms with Crippen molar-refractivity contribution in [2.24, 2.45) is 5.92 Å². The normalized spacial score (nSPS) is 18.8. The van der Waals surface area contributed by atoms with Crippen LogP contribution in [0.1, 0.15) is 69.6 Å². The van der Waals surface area contributed by atoms with E-state index in [0.717, 1.165) is 12.1 Å². The fourth-order valence-corrected chi connectivity index (χ4v) is 2.90. The molecule has 0 heterocycles. The van der Waals surface area contributed by atoms with E-state index in [-0.39, 0.29) is 0 Å². The fourth-order valence-electron chi connectivity index (χ4n) is 2.90. The first-order valence-corrected chi connectivity index (χ1v) is 7.71. The van der Waals surface area contributed by atoms with Crippen molar-refractivity contribution in [2.75, 3.05) is 5.73 Å². The SMILES string of the molecule is CC1C=CC=C(c2cc(C(C)C)c(N)c(C(C)C)c2)C1. The summed E-state index contributed by atoms with van der Waals surface area (Å²) in [5.74, 6) is 1.55. The van der Waals surface area contributed by atoms with Gasteiger partial charge in [0, 0.05) is 5.69 Å². The molecule has 2 N–H and O–H groups in total. The first kappa shape index (κ1) is 14.9. The van der Waals surface area contributed by atoms with Gasteiger partial charge in [0.15, 0.2) is 0 Å². The van der Waals surface area contributed by atoms with Gasteiger partial charge in [-0.25, -0.2) is 0 Å². The molecule has 0 fully saturated rings. The van der Waals surface area contributed by atoms with E-state index in [1.807, 2.05) is 0 Å². The number of rotatable bonds is 3. The zero-order chi connectivity index (χ0) is 14.9. The molecular weight excluding hydrogens is 242 g/mol. The molecule has 0 saturated carbocycles. The Morgan fingerprint density at radius 2 is 1.60 bits per heavy atom. The third kappa shape index (κ3) is 2.98. The highest BCUT2D eigenvalue weighted by atomic mass is 14.6. The molecule has 1 aliphatic carbocycles. The van der Waals surface area contributed by atoms with Gasteiger partial charge in [0.2, 0.25) is 0 Å². The molecule has 0 saturated heterocycles. The Morgan fingerprint density at radius 1 is 1.05 bits per heavy atom. The van der Waals surface area contributed by atoms with E-state index in [9.17, 15) is 0 Å². The Kier molecular flexibility index (Phi) is 4.37. The van der Waals surface area contributed by atoms with Gasteiger partial charge < -0.3 is 5.73 Å². The second kappa shape index (κ2) is 5.87. The summed E-state index contributed by atoms with van der Waals surface area (Å²) in [6.07, 6.45) is 7.83. The molecule has 1 aromatic rings. The van der Waals surface area contributed by atoms with Crippen LogP contribution in [0.5, 0.6) is 0 Å². The summed E-state index contributed by atoms with van der Waals surface area (Å²) in [5.41, 5.74) is 12.7. The zero-order valence-electron chi connectivity index (χ0n) is 13.4. The van der Waals surface area contributed by atoms with E-state index in [1.54, 1.807) is 0 Å². The van der Waals surface area contributed by atoms with E-state index in [4.69, 9.17) is 5.73 Å². The predicted molar refractivity (Wildman–Crippen MR) is 89.9 cm³/mol. The first-order chi connectivity index (χ1) is 9.40. The smallest absolute Gasteiger partial charge is 0.0384 e. The van der Waals surface area contributed by atoms with Gasteiger partial charge in [-0.1, -0.05) is 52.8 Å². The topological polar surface area (TPSA) is 26.0 Å². The number of hydrogen-bond acceptors (Lipinski definition) is 1. The summed E-state index contributed by atoms with van der Waals surface area (Å²) < 4.78 is 0. The lowest BCUT2D eigenvalue weighted by molar-refractivity contribution is 0.748. The average molecular weight is 269 g/mol. The Hall–Kier alpha value is -1.50. The minimum atomic E-state index is 0.463. The first-order valence-electron chi connectivity index (χ1n) is 7.71. The van der Waals surface area contributed by atoms with Crippen molar-refractivity contribution < 1.29 is 0 Å². The molecule has 1 unspecified atom stereocenters. The number of nitrogen functional groups attached to an aromatic ring is 1. The lowest BCUT2D eigenvalue weighted by atomic mass is 9.85. The lowest BCUT2D eigenvalue weighted by Crippen LogP contribution is -2.06. The van der Waals surface area contributed by atoms with Crippen LogP contribution in [0, 0.1) is 5.92 Å². The standard InChI is InChI=1S/C19H27N/c1-12(2)17-10-16(11-18(13(3)4)19(17)20)15-8-6-7-14(5)9-15/h6-8,10-14H,9,20H2,1-5H3. The monoisotopic (exact) mass is 269 g/mol. The van der Waals surface area contributed by atoms with E-state index < -0.39 is 0 Å². The van der Waals surface area contributed by atoms with E-state index in [1.165, 1.54) is 22.3 Å². The minimum absolute atomic E-state index is 0.463. The van der Waals surface area contributed by atoms with Crippen molar-refractivity contribution in [1.82, 2.24) is 0 Å². The molecule has 0 spiro atoms. The second-order valence-electron chi connectivity index (χ2n) is 6.64. The number of anilines is 1. The van der Waals surface area contributed by atoms with Crippen LogP contribution in [-0.4, -0.2) is 0 Å². The highest BCUT2D eigenvalue weighted by Crippen LogP contribution is 2.36. The van der Waals surface area contributed by atoms with Gasteiger partial charge >= 0.3 is 0 Å². The molecule has 1 atom stereocenters. The van der Waals surface area contributed by atoms with Crippen LogP contribution < -0.4 is 5.73 Å². The molecule has 0 amide bonds. The zero-order valence-corrected chi connectivity index (χ0v) is 13.4. The summed E-state index contributed by atoms with van der Waals surface area (Å²) in [5, 5.41) is 0. The van der Waals surface area contributed by atoms with Crippen LogP contribution in [0.2, 0.25) is 0 Å². The maximum absolute atomic E-state index is 6.38. The van der Waals surface area contributed by atoms with Crippen molar-refractivity contribution in [3.05, 3.63) is 47.1 Å². The van der Waals surface area contributed by atoms with E-state index in [0.29, 0.717) is 17.8 Å². The maximum Gasteiger partial charge on any atom is 0.0384 e. The summed E-state index contributed by atoms with van der Waals surface area (Å²) in [4.78, 5) is 0.